The molecule has 1 heterocycles. The second kappa shape index (κ2) is 7.83. The van der Waals surface area contributed by atoms with Gasteiger partial charge in [0.25, 0.3) is 0 Å². The molecule has 6 heteroatoms. The van der Waals surface area contributed by atoms with Gasteiger partial charge >= 0.3 is 0 Å². The van der Waals surface area contributed by atoms with Gasteiger partial charge < -0.3 is 4.90 Å². The molecular formula is C18H26N4OS. The lowest BCUT2D eigenvalue weighted by atomic mass is 10.2. The predicted octanol–water partition coefficient (Wildman–Crippen LogP) is 3.62. The molecule has 1 aromatic carbocycles. The molecule has 0 N–H and O–H groups in total. The van der Waals surface area contributed by atoms with Crippen molar-refractivity contribution in [3.8, 4) is 5.69 Å². The molecule has 2 aromatic rings. The number of rotatable bonds is 6. The lowest BCUT2D eigenvalue weighted by Gasteiger charge is -2.30. The van der Waals surface area contributed by atoms with Crippen LogP contribution in [0.5, 0.6) is 0 Å². The van der Waals surface area contributed by atoms with Gasteiger partial charge in [-0.2, -0.15) is 0 Å². The number of aryl methyl sites for hydroxylation is 2. The minimum Gasteiger partial charge on any atom is -0.337 e. The zero-order chi connectivity index (χ0) is 17.9. The van der Waals surface area contributed by atoms with Gasteiger partial charge in [0.15, 0.2) is 5.16 Å². The Morgan fingerprint density at radius 3 is 2.33 bits per heavy atom. The number of carbonyl (C=O) groups excluding carboxylic acids is 1. The fourth-order valence-electron chi connectivity index (χ4n) is 2.90. The summed E-state index contributed by atoms with van der Waals surface area (Å²) >= 11 is 1.44. The molecule has 0 atom stereocenters. The van der Waals surface area contributed by atoms with Gasteiger partial charge in [-0.15, -0.1) is 10.2 Å². The van der Waals surface area contributed by atoms with Crippen LogP contribution in [0.1, 0.15) is 39.1 Å². The Bertz CT molecular complexity index is 701. The van der Waals surface area contributed by atoms with Crippen LogP contribution in [0, 0.1) is 13.8 Å². The highest BCUT2D eigenvalue weighted by Gasteiger charge is 2.21. The average molecular weight is 347 g/mol. The first-order valence-electron chi connectivity index (χ1n) is 8.25. The fraction of sp³-hybridized carbons (Fsp3) is 0.500. The molecule has 0 saturated heterocycles. The van der Waals surface area contributed by atoms with Crippen molar-refractivity contribution in [2.75, 3.05) is 5.75 Å². The summed E-state index contributed by atoms with van der Waals surface area (Å²) in [6.45, 7) is 12.2. The summed E-state index contributed by atoms with van der Waals surface area (Å²) in [6, 6.07) is 8.50. The Morgan fingerprint density at radius 1 is 1.12 bits per heavy atom. The van der Waals surface area contributed by atoms with Crippen LogP contribution in [0.25, 0.3) is 5.69 Å². The Hall–Kier alpha value is -1.82. The molecule has 0 aliphatic heterocycles. The fourth-order valence-corrected chi connectivity index (χ4v) is 3.76. The van der Waals surface area contributed by atoms with Gasteiger partial charge in [0.2, 0.25) is 5.91 Å². The minimum atomic E-state index is 0.127. The number of hydrogen-bond acceptors (Lipinski definition) is 4. The standard InChI is InChI=1S/C18H26N4OS/c1-12(2)21(13(3)4)17(23)11-24-18-20-19-15(6)22(18)16-10-8-7-9-14(16)5/h7-10,12-13H,11H2,1-6H3. The van der Waals surface area contributed by atoms with E-state index < -0.39 is 0 Å². The number of hydrogen-bond donors (Lipinski definition) is 0. The van der Waals surface area contributed by atoms with Gasteiger partial charge in [-0.25, -0.2) is 0 Å². The molecule has 1 amide bonds. The van der Waals surface area contributed by atoms with Crippen molar-refractivity contribution >= 4 is 17.7 Å². The number of para-hydroxylation sites is 1. The Balaban J connectivity index is 2.21. The SMILES string of the molecule is Cc1ccccc1-n1c(C)nnc1SCC(=O)N(C(C)C)C(C)C. The monoisotopic (exact) mass is 346 g/mol. The molecule has 2 rings (SSSR count). The smallest absolute Gasteiger partial charge is 0.233 e. The van der Waals surface area contributed by atoms with E-state index in [2.05, 4.69) is 23.2 Å². The van der Waals surface area contributed by atoms with E-state index in [4.69, 9.17) is 0 Å². The summed E-state index contributed by atoms with van der Waals surface area (Å²) in [5.41, 5.74) is 2.21. The number of carbonyl (C=O) groups is 1. The van der Waals surface area contributed by atoms with Gasteiger partial charge in [-0.05, 0) is 53.2 Å². The van der Waals surface area contributed by atoms with Crippen molar-refractivity contribution in [3.63, 3.8) is 0 Å². The van der Waals surface area contributed by atoms with Gasteiger partial charge in [0.05, 0.1) is 11.4 Å². The first-order chi connectivity index (χ1) is 11.3. The van der Waals surface area contributed by atoms with Crippen LogP contribution in [0.3, 0.4) is 0 Å². The molecule has 0 radical (unpaired) electrons. The van der Waals surface area contributed by atoms with E-state index in [0.29, 0.717) is 5.75 Å². The lowest BCUT2D eigenvalue weighted by molar-refractivity contribution is -0.131. The molecule has 0 spiro atoms. The first kappa shape index (κ1) is 18.5. The third kappa shape index (κ3) is 3.98. The summed E-state index contributed by atoms with van der Waals surface area (Å²) in [4.78, 5) is 14.5. The molecular weight excluding hydrogens is 320 g/mol. The molecule has 5 nitrogen and oxygen atoms in total. The topological polar surface area (TPSA) is 51.0 Å². The summed E-state index contributed by atoms with van der Waals surface area (Å²) in [5.74, 6) is 1.31. The molecule has 0 fully saturated rings. The van der Waals surface area contributed by atoms with E-state index in [1.165, 1.54) is 11.8 Å². The van der Waals surface area contributed by atoms with Gasteiger partial charge in [0, 0.05) is 12.1 Å². The normalized spacial score (nSPS) is 11.3. The van der Waals surface area contributed by atoms with E-state index >= 15 is 0 Å². The predicted molar refractivity (Wildman–Crippen MR) is 98.7 cm³/mol. The summed E-state index contributed by atoms with van der Waals surface area (Å²) in [5, 5.41) is 9.21. The number of benzene rings is 1. The highest BCUT2D eigenvalue weighted by molar-refractivity contribution is 7.99. The third-order valence-electron chi connectivity index (χ3n) is 3.88. The number of nitrogens with zero attached hydrogens (tertiary/aromatic N) is 4. The second-order valence-corrected chi connectivity index (χ2v) is 7.37. The van der Waals surface area contributed by atoms with Crippen LogP contribution >= 0.6 is 11.8 Å². The maximum Gasteiger partial charge on any atom is 0.233 e. The molecule has 0 unspecified atom stereocenters. The van der Waals surface area contributed by atoms with Crippen LogP contribution in [-0.2, 0) is 4.79 Å². The van der Waals surface area contributed by atoms with Crippen molar-refractivity contribution in [1.29, 1.82) is 0 Å². The number of thioether (sulfide) groups is 1. The van der Waals surface area contributed by atoms with Gasteiger partial charge in [0.1, 0.15) is 5.82 Å². The molecule has 1 aromatic heterocycles. The van der Waals surface area contributed by atoms with E-state index in [-0.39, 0.29) is 18.0 Å². The molecule has 130 valence electrons. The van der Waals surface area contributed by atoms with Crippen molar-refractivity contribution in [3.05, 3.63) is 35.7 Å². The quantitative estimate of drug-likeness (QED) is 0.750. The molecule has 0 bridgehead atoms. The second-order valence-electron chi connectivity index (χ2n) is 6.43. The molecule has 0 saturated carbocycles. The van der Waals surface area contributed by atoms with Crippen LogP contribution < -0.4 is 0 Å². The summed E-state index contributed by atoms with van der Waals surface area (Å²) in [7, 11) is 0. The van der Waals surface area contributed by atoms with Crippen LogP contribution in [0.15, 0.2) is 29.4 Å². The van der Waals surface area contributed by atoms with Crippen molar-refractivity contribution < 1.29 is 4.79 Å². The number of aromatic nitrogens is 3. The van der Waals surface area contributed by atoms with Gasteiger partial charge in [-0.3, -0.25) is 9.36 Å². The maximum atomic E-state index is 12.6. The van der Waals surface area contributed by atoms with Crippen LogP contribution in [0.4, 0.5) is 0 Å². The Labute approximate surface area is 148 Å². The van der Waals surface area contributed by atoms with E-state index in [1.54, 1.807) is 0 Å². The molecule has 0 aliphatic carbocycles. The first-order valence-corrected chi connectivity index (χ1v) is 9.23. The van der Waals surface area contributed by atoms with Crippen molar-refractivity contribution in [2.45, 2.75) is 58.8 Å². The van der Waals surface area contributed by atoms with E-state index in [9.17, 15) is 4.79 Å². The van der Waals surface area contributed by atoms with E-state index in [1.807, 2.05) is 62.3 Å². The third-order valence-corrected chi connectivity index (χ3v) is 4.79. The van der Waals surface area contributed by atoms with Crippen LogP contribution in [-0.4, -0.2) is 43.4 Å². The van der Waals surface area contributed by atoms with Gasteiger partial charge in [-0.1, -0.05) is 30.0 Å². The highest BCUT2D eigenvalue weighted by Crippen LogP contribution is 2.24. The zero-order valence-corrected chi connectivity index (χ0v) is 16.1. The lowest BCUT2D eigenvalue weighted by Crippen LogP contribution is -2.43. The number of amides is 1. The Kier molecular flexibility index (Phi) is 6.04. The van der Waals surface area contributed by atoms with Crippen LogP contribution in [0.2, 0.25) is 0 Å². The average Bonchev–Trinajstić information content (AvgIpc) is 2.86. The minimum absolute atomic E-state index is 0.127. The highest BCUT2D eigenvalue weighted by atomic mass is 32.2. The van der Waals surface area contributed by atoms with Crippen molar-refractivity contribution in [1.82, 2.24) is 19.7 Å². The maximum absolute atomic E-state index is 12.6. The summed E-state index contributed by atoms with van der Waals surface area (Å²) in [6.07, 6.45) is 0. The van der Waals surface area contributed by atoms with Crippen molar-refractivity contribution in [2.24, 2.45) is 0 Å². The zero-order valence-electron chi connectivity index (χ0n) is 15.3. The Morgan fingerprint density at radius 2 is 1.75 bits per heavy atom. The molecule has 0 aliphatic rings. The van der Waals surface area contributed by atoms with E-state index in [0.717, 1.165) is 22.2 Å². The summed E-state index contributed by atoms with van der Waals surface area (Å²) < 4.78 is 2.02. The largest absolute Gasteiger partial charge is 0.337 e. The molecule has 24 heavy (non-hydrogen) atoms.